The number of carbonyl (C=O) groups excluding carboxylic acids is 1. The summed E-state index contributed by atoms with van der Waals surface area (Å²) < 4.78 is 0. The highest BCUT2D eigenvalue weighted by atomic mass is 16.1. The predicted molar refractivity (Wildman–Crippen MR) is 77.7 cm³/mol. The van der Waals surface area contributed by atoms with Gasteiger partial charge in [0, 0.05) is 36.9 Å². The van der Waals surface area contributed by atoms with Crippen molar-refractivity contribution >= 4 is 17.0 Å². The van der Waals surface area contributed by atoms with Gasteiger partial charge < -0.3 is 4.90 Å². The molecule has 0 bridgehead atoms. The zero-order chi connectivity index (χ0) is 13.7. The molecule has 0 spiro atoms. The number of benzene rings is 1. The monoisotopic (exact) mass is 252 g/mol. The van der Waals surface area contributed by atoms with E-state index in [4.69, 9.17) is 0 Å². The number of Topliss-reactive ketones (excluding diaryl/α,β-unsaturated/α-hetero) is 1. The van der Waals surface area contributed by atoms with Crippen LogP contribution in [-0.2, 0) is 4.79 Å². The van der Waals surface area contributed by atoms with Gasteiger partial charge in [-0.05, 0) is 24.6 Å². The number of carbonyl (C=O) groups is 1. The van der Waals surface area contributed by atoms with E-state index in [1.54, 1.807) is 19.3 Å². The molecule has 0 aliphatic carbocycles. The average molecular weight is 252 g/mol. The molecule has 3 nitrogen and oxygen atoms in total. The first kappa shape index (κ1) is 13.0. The van der Waals surface area contributed by atoms with Gasteiger partial charge in [-0.2, -0.15) is 0 Å². The largest absolute Gasteiger partial charge is 0.350 e. The van der Waals surface area contributed by atoms with Crippen LogP contribution >= 0.6 is 0 Å². The molecule has 0 N–H and O–H groups in total. The standard InChI is InChI=1S/C16H16N2O/c1-13(19)16(14-6-4-3-5-7-14)12-18(2)15-8-10-17-11-9-15/h3-12H,1-2H3/b16-12+. The van der Waals surface area contributed by atoms with Crippen molar-refractivity contribution in [3.8, 4) is 0 Å². The zero-order valence-electron chi connectivity index (χ0n) is 11.1. The Morgan fingerprint density at radius 1 is 1.11 bits per heavy atom. The van der Waals surface area contributed by atoms with Crippen LogP contribution in [0.25, 0.3) is 5.57 Å². The van der Waals surface area contributed by atoms with Gasteiger partial charge in [0.05, 0.1) is 0 Å². The van der Waals surface area contributed by atoms with E-state index < -0.39 is 0 Å². The molecule has 0 fully saturated rings. The van der Waals surface area contributed by atoms with E-state index in [0.717, 1.165) is 11.3 Å². The molecule has 96 valence electrons. The predicted octanol–water partition coefficient (Wildman–Crippen LogP) is 3.15. The fourth-order valence-corrected chi connectivity index (χ4v) is 1.83. The lowest BCUT2D eigenvalue weighted by molar-refractivity contribution is -0.111. The van der Waals surface area contributed by atoms with Crippen LogP contribution in [0.5, 0.6) is 0 Å². The lowest BCUT2D eigenvalue weighted by atomic mass is 10.0. The summed E-state index contributed by atoms with van der Waals surface area (Å²) in [7, 11) is 1.92. The van der Waals surface area contributed by atoms with Crippen LogP contribution in [0.3, 0.4) is 0 Å². The Hall–Kier alpha value is -2.42. The number of allylic oxidation sites excluding steroid dienone is 1. The van der Waals surface area contributed by atoms with Crippen LogP contribution in [0.2, 0.25) is 0 Å². The summed E-state index contributed by atoms with van der Waals surface area (Å²) in [5, 5.41) is 0. The van der Waals surface area contributed by atoms with Gasteiger partial charge >= 0.3 is 0 Å². The fourth-order valence-electron chi connectivity index (χ4n) is 1.83. The quantitative estimate of drug-likeness (QED) is 0.784. The Bertz CT molecular complexity index is 576. The molecule has 0 radical (unpaired) electrons. The number of rotatable bonds is 4. The summed E-state index contributed by atoms with van der Waals surface area (Å²) in [5.74, 6) is 0.0482. The maximum Gasteiger partial charge on any atom is 0.161 e. The van der Waals surface area contributed by atoms with Crippen molar-refractivity contribution in [2.45, 2.75) is 6.92 Å². The molecule has 2 aromatic rings. The van der Waals surface area contributed by atoms with Gasteiger partial charge in [-0.15, -0.1) is 0 Å². The second kappa shape index (κ2) is 5.96. The minimum Gasteiger partial charge on any atom is -0.350 e. The van der Waals surface area contributed by atoms with Gasteiger partial charge in [-0.25, -0.2) is 0 Å². The average Bonchev–Trinajstić information content (AvgIpc) is 2.46. The first-order valence-corrected chi connectivity index (χ1v) is 6.09. The van der Waals surface area contributed by atoms with Gasteiger partial charge in [-0.1, -0.05) is 30.3 Å². The van der Waals surface area contributed by atoms with E-state index in [1.165, 1.54) is 0 Å². The third kappa shape index (κ3) is 3.28. The SMILES string of the molecule is CC(=O)/C(=C\N(C)c1ccncc1)c1ccccc1. The van der Waals surface area contributed by atoms with Gasteiger partial charge in [0.25, 0.3) is 0 Å². The van der Waals surface area contributed by atoms with E-state index in [-0.39, 0.29) is 5.78 Å². The van der Waals surface area contributed by atoms with Crippen LogP contribution in [0.15, 0.2) is 61.1 Å². The van der Waals surface area contributed by atoms with Crippen molar-refractivity contribution < 1.29 is 4.79 Å². The van der Waals surface area contributed by atoms with Gasteiger partial charge in [0.2, 0.25) is 0 Å². The Labute approximate surface area is 113 Å². The Kier molecular flexibility index (Phi) is 4.08. The number of hydrogen-bond donors (Lipinski definition) is 0. The van der Waals surface area contributed by atoms with Gasteiger partial charge in [0.15, 0.2) is 5.78 Å². The maximum absolute atomic E-state index is 11.8. The summed E-state index contributed by atoms with van der Waals surface area (Å²) >= 11 is 0. The molecule has 3 heteroatoms. The van der Waals surface area contributed by atoms with E-state index in [0.29, 0.717) is 5.57 Å². The van der Waals surface area contributed by atoms with Crippen LogP contribution < -0.4 is 4.90 Å². The van der Waals surface area contributed by atoms with Crippen LogP contribution in [0.1, 0.15) is 12.5 Å². The van der Waals surface area contributed by atoms with Crippen molar-refractivity contribution in [1.29, 1.82) is 0 Å². The normalized spacial score (nSPS) is 11.2. The number of ketones is 1. The third-order valence-corrected chi connectivity index (χ3v) is 2.86. The third-order valence-electron chi connectivity index (χ3n) is 2.86. The molecule has 0 saturated heterocycles. The minimum atomic E-state index is 0.0482. The van der Waals surface area contributed by atoms with Crippen molar-refractivity contribution in [3.05, 3.63) is 66.6 Å². The first-order chi connectivity index (χ1) is 9.18. The molecule has 0 aliphatic heterocycles. The summed E-state index contributed by atoms with van der Waals surface area (Å²) in [4.78, 5) is 17.7. The topological polar surface area (TPSA) is 33.2 Å². The summed E-state index contributed by atoms with van der Waals surface area (Å²) in [6.07, 6.45) is 5.32. The van der Waals surface area contributed by atoms with Crippen molar-refractivity contribution in [2.75, 3.05) is 11.9 Å². The molecule has 0 aliphatic rings. The summed E-state index contributed by atoms with van der Waals surface area (Å²) in [6, 6.07) is 13.5. The highest BCUT2D eigenvalue weighted by Crippen LogP contribution is 2.18. The fraction of sp³-hybridized carbons (Fsp3) is 0.125. The Morgan fingerprint density at radius 3 is 2.32 bits per heavy atom. The van der Waals surface area contributed by atoms with E-state index in [1.807, 2.05) is 60.6 Å². The molecule has 19 heavy (non-hydrogen) atoms. The van der Waals surface area contributed by atoms with E-state index in [9.17, 15) is 4.79 Å². The zero-order valence-corrected chi connectivity index (χ0v) is 11.1. The van der Waals surface area contributed by atoms with Gasteiger partial charge in [-0.3, -0.25) is 9.78 Å². The van der Waals surface area contributed by atoms with Gasteiger partial charge in [0.1, 0.15) is 0 Å². The molecule has 2 rings (SSSR count). The van der Waals surface area contributed by atoms with Crippen molar-refractivity contribution in [2.24, 2.45) is 0 Å². The molecular formula is C16H16N2O. The van der Waals surface area contributed by atoms with Crippen LogP contribution in [0.4, 0.5) is 5.69 Å². The molecular weight excluding hydrogens is 236 g/mol. The lowest BCUT2D eigenvalue weighted by Gasteiger charge is -2.16. The maximum atomic E-state index is 11.8. The molecule has 1 heterocycles. The number of aromatic nitrogens is 1. The Morgan fingerprint density at radius 2 is 1.74 bits per heavy atom. The molecule has 0 atom stereocenters. The molecule has 0 unspecified atom stereocenters. The van der Waals surface area contributed by atoms with E-state index in [2.05, 4.69) is 4.98 Å². The van der Waals surface area contributed by atoms with Crippen molar-refractivity contribution in [1.82, 2.24) is 4.98 Å². The second-order valence-electron chi connectivity index (χ2n) is 4.28. The number of pyridine rings is 1. The highest BCUT2D eigenvalue weighted by Gasteiger charge is 2.08. The smallest absolute Gasteiger partial charge is 0.161 e. The minimum absolute atomic E-state index is 0.0482. The number of hydrogen-bond acceptors (Lipinski definition) is 3. The molecule has 1 aromatic heterocycles. The highest BCUT2D eigenvalue weighted by molar-refractivity contribution is 6.19. The van der Waals surface area contributed by atoms with Crippen LogP contribution in [-0.4, -0.2) is 17.8 Å². The second-order valence-corrected chi connectivity index (χ2v) is 4.28. The lowest BCUT2D eigenvalue weighted by Crippen LogP contribution is -2.11. The van der Waals surface area contributed by atoms with Crippen LogP contribution in [0, 0.1) is 0 Å². The number of anilines is 1. The van der Waals surface area contributed by atoms with Crippen molar-refractivity contribution in [3.63, 3.8) is 0 Å². The van der Waals surface area contributed by atoms with E-state index >= 15 is 0 Å². The first-order valence-electron chi connectivity index (χ1n) is 6.09. The number of nitrogens with zero attached hydrogens (tertiary/aromatic N) is 2. The Balaban J connectivity index is 2.35. The summed E-state index contributed by atoms with van der Waals surface area (Å²) in [5.41, 5.74) is 2.61. The molecule has 0 saturated carbocycles. The molecule has 0 amide bonds. The molecule has 1 aromatic carbocycles. The summed E-state index contributed by atoms with van der Waals surface area (Å²) in [6.45, 7) is 1.58.